The van der Waals surface area contributed by atoms with Crippen molar-refractivity contribution in [3.8, 4) is 11.5 Å². The van der Waals surface area contributed by atoms with Gasteiger partial charge in [-0.25, -0.2) is 4.98 Å². The van der Waals surface area contributed by atoms with Crippen molar-refractivity contribution < 1.29 is 9.32 Å². The molecular weight excluding hydrogens is 258 g/mol. The lowest BCUT2D eigenvalue weighted by Crippen LogP contribution is -2.48. The largest absolute Gasteiger partial charge is 0.341 e. The maximum atomic E-state index is 11.7. The van der Waals surface area contributed by atoms with Gasteiger partial charge in [0.1, 0.15) is 5.69 Å². The van der Waals surface area contributed by atoms with E-state index in [0.29, 0.717) is 36.9 Å². The monoisotopic (exact) mass is 273 g/mol. The molecule has 0 spiro atoms. The maximum Gasteiger partial charge on any atom is 0.233 e. The van der Waals surface area contributed by atoms with Crippen LogP contribution in [-0.2, 0) is 4.79 Å². The molecule has 7 nitrogen and oxygen atoms in total. The molecule has 0 radical (unpaired) electrons. The highest BCUT2D eigenvalue weighted by Crippen LogP contribution is 2.27. The predicted octanol–water partition coefficient (Wildman–Crippen LogP) is 1.25. The molecule has 20 heavy (non-hydrogen) atoms. The lowest BCUT2D eigenvalue weighted by molar-refractivity contribution is -0.136. The summed E-state index contributed by atoms with van der Waals surface area (Å²) < 4.78 is 5.24. The Labute approximate surface area is 116 Å². The number of carbonyl (C=O) groups is 1. The van der Waals surface area contributed by atoms with Gasteiger partial charge >= 0.3 is 0 Å². The summed E-state index contributed by atoms with van der Waals surface area (Å²) in [6, 6.07) is 0. The van der Waals surface area contributed by atoms with E-state index in [-0.39, 0.29) is 11.8 Å². The fraction of sp³-hybridized carbons (Fsp3) is 0.462. The van der Waals surface area contributed by atoms with Crippen molar-refractivity contribution in [2.45, 2.75) is 25.7 Å². The van der Waals surface area contributed by atoms with Gasteiger partial charge in [-0.1, -0.05) is 12.1 Å². The number of likely N-dealkylation sites (tertiary alicyclic amines) is 1. The van der Waals surface area contributed by atoms with Crippen molar-refractivity contribution in [3.05, 3.63) is 24.5 Å². The Morgan fingerprint density at radius 1 is 1.45 bits per heavy atom. The minimum Gasteiger partial charge on any atom is -0.341 e. The summed E-state index contributed by atoms with van der Waals surface area (Å²) in [4.78, 5) is 25.9. The Kier molecular flexibility index (Phi) is 3.41. The van der Waals surface area contributed by atoms with Crippen LogP contribution in [0.5, 0.6) is 0 Å². The molecule has 0 atom stereocenters. The summed E-state index contributed by atoms with van der Waals surface area (Å²) in [6.45, 7) is 3.31. The second-order valence-corrected chi connectivity index (χ2v) is 4.79. The highest BCUT2D eigenvalue weighted by Gasteiger charge is 2.35. The highest BCUT2D eigenvalue weighted by atomic mass is 16.5. The number of carbonyl (C=O) groups excluding carboxylic acids is 1. The minimum absolute atomic E-state index is 0.133. The zero-order chi connectivity index (χ0) is 13.9. The molecule has 0 aromatic carbocycles. The average Bonchev–Trinajstić information content (AvgIpc) is 2.88. The Bertz CT molecular complexity index is 592. The van der Waals surface area contributed by atoms with Crippen LogP contribution in [-0.4, -0.2) is 44.0 Å². The van der Waals surface area contributed by atoms with Crippen molar-refractivity contribution in [2.24, 2.45) is 0 Å². The van der Waals surface area contributed by atoms with E-state index in [1.54, 1.807) is 18.6 Å². The van der Waals surface area contributed by atoms with Crippen LogP contribution >= 0.6 is 0 Å². The first-order valence-corrected chi connectivity index (χ1v) is 6.65. The summed E-state index contributed by atoms with van der Waals surface area (Å²) in [5, 5.41) is 3.90. The smallest absolute Gasteiger partial charge is 0.233 e. The lowest BCUT2D eigenvalue weighted by atomic mass is 9.99. The van der Waals surface area contributed by atoms with Gasteiger partial charge in [-0.3, -0.25) is 9.78 Å². The fourth-order valence-corrected chi connectivity index (χ4v) is 2.13. The summed E-state index contributed by atoms with van der Waals surface area (Å²) in [5.41, 5.74) is 0.584. The second-order valence-electron chi connectivity index (χ2n) is 4.79. The van der Waals surface area contributed by atoms with Crippen LogP contribution in [0.4, 0.5) is 0 Å². The topological polar surface area (TPSA) is 85.0 Å². The molecule has 3 rings (SSSR count). The molecule has 1 amide bonds. The number of amides is 1. The molecule has 104 valence electrons. The fourth-order valence-electron chi connectivity index (χ4n) is 2.13. The maximum absolute atomic E-state index is 11.7. The summed E-state index contributed by atoms with van der Waals surface area (Å²) in [7, 11) is 0. The van der Waals surface area contributed by atoms with Crippen LogP contribution < -0.4 is 0 Å². The van der Waals surface area contributed by atoms with E-state index in [4.69, 9.17) is 4.52 Å². The average molecular weight is 273 g/mol. The number of nitrogens with zero attached hydrogens (tertiary/aromatic N) is 5. The highest BCUT2D eigenvalue weighted by molar-refractivity contribution is 5.77. The molecule has 2 aromatic heterocycles. The second kappa shape index (κ2) is 5.36. The summed E-state index contributed by atoms with van der Waals surface area (Å²) in [6.07, 6.45) is 6.23. The molecule has 0 unspecified atom stereocenters. The number of hydrogen-bond acceptors (Lipinski definition) is 6. The van der Waals surface area contributed by atoms with Crippen LogP contribution in [0.3, 0.4) is 0 Å². The van der Waals surface area contributed by atoms with E-state index in [2.05, 4.69) is 20.1 Å². The molecule has 0 saturated carbocycles. The van der Waals surface area contributed by atoms with Crippen molar-refractivity contribution in [1.82, 2.24) is 25.0 Å². The molecule has 0 bridgehead atoms. The SMILES string of the molecule is CCCC(=O)N1CC(c2nc(-c3cnccn3)no2)C1. The first-order chi connectivity index (χ1) is 9.78. The first kappa shape index (κ1) is 12.7. The lowest BCUT2D eigenvalue weighted by Gasteiger charge is -2.37. The Hall–Kier alpha value is -2.31. The van der Waals surface area contributed by atoms with Gasteiger partial charge in [-0.15, -0.1) is 0 Å². The Morgan fingerprint density at radius 3 is 3.00 bits per heavy atom. The van der Waals surface area contributed by atoms with Crippen molar-refractivity contribution in [1.29, 1.82) is 0 Å². The molecule has 1 aliphatic heterocycles. The van der Waals surface area contributed by atoms with Crippen LogP contribution in [0.1, 0.15) is 31.6 Å². The van der Waals surface area contributed by atoms with Gasteiger partial charge in [0.2, 0.25) is 17.6 Å². The van der Waals surface area contributed by atoms with Gasteiger partial charge in [-0.2, -0.15) is 4.98 Å². The molecule has 0 aliphatic carbocycles. The van der Waals surface area contributed by atoms with Crippen LogP contribution in [0.25, 0.3) is 11.5 Å². The van der Waals surface area contributed by atoms with Crippen LogP contribution in [0.2, 0.25) is 0 Å². The third-order valence-corrected chi connectivity index (χ3v) is 3.28. The molecule has 1 aliphatic rings. The number of hydrogen-bond donors (Lipinski definition) is 0. The van der Waals surface area contributed by atoms with Gasteiger partial charge in [0.25, 0.3) is 0 Å². The van der Waals surface area contributed by atoms with Crippen molar-refractivity contribution in [2.75, 3.05) is 13.1 Å². The molecule has 7 heteroatoms. The quantitative estimate of drug-likeness (QED) is 0.833. The minimum atomic E-state index is 0.133. The van der Waals surface area contributed by atoms with Crippen molar-refractivity contribution in [3.63, 3.8) is 0 Å². The van der Waals surface area contributed by atoms with Crippen molar-refractivity contribution >= 4 is 5.91 Å². The van der Waals surface area contributed by atoms with E-state index >= 15 is 0 Å². The molecule has 0 N–H and O–H groups in total. The molecular formula is C13H15N5O2. The molecule has 3 heterocycles. The normalized spacial score (nSPS) is 15.2. The van der Waals surface area contributed by atoms with Crippen LogP contribution in [0.15, 0.2) is 23.1 Å². The van der Waals surface area contributed by atoms with Gasteiger partial charge in [0, 0.05) is 31.9 Å². The number of aromatic nitrogens is 4. The summed E-state index contributed by atoms with van der Waals surface area (Å²) in [5.74, 6) is 1.32. The van der Waals surface area contributed by atoms with E-state index in [0.717, 1.165) is 6.42 Å². The first-order valence-electron chi connectivity index (χ1n) is 6.65. The third kappa shape index (κ3) is 2.38. The molecule has 1 saturated heterocycles. The standard InChI is InChI=1S/C13H15N5O2/c1-2-3-11(19)18-7-9(8-18)13-16-12(17-20-13)10-6-14-4-5-15-10/h4-6,9H,2-3,7-8H2,1H3. The van der Waals surface area contributed by atoms with E-state index in [9.17, 15) is 4.79 Å². The Balaban J connectivity index is 1.64. The number of rotatable bonds is 4. The zero-order valence-electron chi connectivity index (χ0n) is 11.2. The predicted molar refractivity (Wildman–Crippen MR) is 69.6 cm³/mol. The van der Waals surface area contributed by atoms with Gasteiger partial charge < -0.3 is 9.42 Å². The molecule has 2 aromatic rings. The van der Waals surface area contributed by atoms with Gasteiger partial charge in [0.05, 0.1) is 12.1 Å². The van der Waals surface area contributed by atoms with Gasteiger partial charge in [0.15, 0.2) is 0 Å². The van der Waals surface area contributed by atoms with Crippen LogP contribution in [0, 0.1) is 0 Å². The third-order valence-electron chi connectivity index (χ3n) is 3.28. The zero-order valence-corrected chi connectivity index (χ0v) is 11.2. The Morgan fingerprint density at radius 2 is 2.30 bits per heavy atom. The van der Waals surface area contributed by atoms with E-state index in [1.165, 1.54) is 0 Å². The summed E-state index contributed by atoms with van der Waals surface area (Å²) >= 11 is 0. The molecule has 1 fully saturated rings. The van der Waals surface area contributed by atoms with E-state index in [1.807, 2.05) is 11.8 Å². The van der Waals surface area contributed by atoms with Gasteiger partial charge in [-0.05, 0) is 6.42 Å². The van der Waals surface area contributed by atoms with E-state index < -0.39 is 0 Å².